The molecular weight excluding hydrogens is 324 g/mol. The summed E-state index contributed by atoms with van der Waals surface area (Å²) in [7, 11) is 0. The van der Waals surface area contributed by atoms with E-state index in [0.29, 0.717) is 0 Å². The summed E-state index contributed by atoms with van der Waals surface area (Å²) >= 11 is 0. The summed E-state index contributed by atoms with van der Waals surface area (Å²) < 4.78 is 10.2. The van der Waals surface area contributed by atoms with Crippen LogP contribution in [0.3, 0.4) is 0 Å². The van der Waals surface area contributed by atoms with E-state index in [1.165, 1.54) is 0 Å². The molecule has 25 heavy (non-hydrogen) atoms. The van der Waals surface area contributed by atoms with Crippen molar-refractivity contribution in [2.24, 2.45) is 5.41 Å². The van der Waals surface area contributed by atoms with Crippen molar-refractivity contribution in [3.8, 4) is 0 Å². The van der Waals surface area contributed by atoms with Gasteiger partial charge in [-0.05, 0) is 11.1 Å². The molecule has 2 aromatic rings. The summed E-state index contributed by atoms with van der Waals surface area (Å²) in [5.74, 6) is -2.06. The quantitative estimate of drug-likeness (QED) is 0.556. The number of benzene rings is 2. The van der Waals surface area contributed by atoms with E-state index in [0.717, 1.165) is 11.1 Å². The summed E-state index contributed by atoms with van der Waals surface area (Å²) in [6.45, 7) is -1.98. The lowest BCUT2D eigenvalue weighted by Gasteiger charge is -2.25. The van der Waals surface area contributed by atoms with E-state index in [1.54, 1.807) is 48.5 Å². The molecule has 0 fully saturated rings. The average Bonchev–Trinajstić information content (AvgIpc) is 2.67. The summed E-state index contributed by atoms with van der Waals surface area (Å²) in [6, 6.07) is 17.8. The Morgan fingerprint density at radius 2 is 1.08 bits per heavy atom. The molecule has 2 rings (SSSR count). The molecule has 0 heterocycles. The van der Waals surface area contributed by atoms with Crippen molar-refractivity contribution < 1.29 is 29.3 Å². The van der Waals surface area contributed by atoms with Gasteiger partial charge < -0.3 is 19.7 Å². The molecule has 6 heteroatoms. The minimum absolute atomic E-state index is 0.0760. The van der Waals surface area contributed by atoms with Gasteiger partial charge in [-0.1, -0.05) is 60.7 Å². The number of ether oxygens (including phenoxy) is 2. The molecule has 0 aliphatic heterocycles. The molecular formula is C19H20O6. The zero-order valence-electron chi connectivity index (χ0n) is 13.6. The molecule has 0 radical (unpaired) electrons. The number of aliphatic hydroxyl groups is 2. The van der Waals surface area contributed by atoms with Crippen LogP contribution in [0.15, 0.2) is 60.7 Å². The molecule has 0 aromatic heterocycles. The Hall–Kier alpha value is -2.70. The molecule has 6 nitrogen and oxygen atoms in total. The van der Waals surface area contributed by atoms with Crippen LogP contribution in [0.1, 0.15) is 11.1 Å². The first-order valence-corrected chi connectivity index (χ1v) is 7.76. The summed E-state index contributed by atoms with van der Waals surface area (Å²) in [6.07, 6.45) is 0. The third-order valence-electron chi connectivity index (χ3n) is 3.75. The number of aliphatic hydroxyl groups excluding tert-OH is 2. The Balaban J connectivity index is 2.02. The summed E-state index contributed by atoms with van der Waals surface area (Å²) in [5, 5.41) is 19.1. The van der Waals surface area contributed by atoms with Crippen molar-refractivity contribution in [1.29, 1.82) is 0 Å². The molecule has 0 aliphatic carbocycles. The molecule has 0 bridgehead atoms. The lowest BCUT2D eigenvalue weighted by Crippen LogP contribution is -2.48. The largest absolute Gasteiger partial charge is 0.460 e. The molecule has 0 saturated heterocycles. The third kappa shape index (κ3) is 4.65. The lowest BCUT2D eigenvalue weighted by molar-refractivity contribution is -0.181. The Morgan fingerprint density at radius 3 is 1.40 bits per heavy atom. The molecule has 2 aromatic carbocycles. The highest BCUT2D eigenvalue weighted by Crippen LogP contribution is 2.22. The maximum atomic E-state index is 12.3. The second-order valence-corrected chi connectivity index (χ2v) is 5.52. The topological polar surface area (TPSA) is 93.1 Å². The fraction of sp³-hybridized carbons (Fsp3) is 0.263. The Morgan fingerprint density at radius 1 is 0.720 bits per heavy atom. The molecule has 2 N–H and O–H groups in total. The van der Waals surface area contributed by atoms with E-state index in [9.17, 15) is 19.8 Å². The number of rotatable bonds is 8. The normalized spacial score (nSPS) is 11.0. The SMILES string of the molecule is O=C(OCc1ccccc1)C(CO)(CO)C(=O)OCc1ccccc1. The highest BCUT2D eigenvalue weighted by Gasteiger charge is 2.48. The number of esters is 2. The number of hydrogen-bond donors (Lipinski definition) is 2. The predicted octanol–water partition coefficient (Wildman–Crippen LogP) is 1.44. The van der Waals surface area contributed by atoms with Gasteiger partial charge in [-0.3, -0.25) is 9.59 Å². The first-order chi connectivity index (χ1) is 12.1. The average molecular weight is 344 g/mol. The fourth-order valence-corrected chi connectivity index (χ4v) is 2.11. The highest BCUT2D eigenvalue weighted by atomic mass is 16.6. The van der Waals surface area contributed by atoms with E-state index in [2.05, 4.69) is 0 Å². The number of carbonyl (C=O) groups is 2. The maximum Gasteiger partial charge on any atom is 0.328 e. The van der Waals surface area contributed by atoms with Crippen molar-refractivity contribution in [1.82, 2.24) is 0 Å². The maximum absolute atomic E-state index is 12.3. The number of hydrogen-bond acceptors (Lipinski definition) is 6. The van der Waals surface area contributed by atoms with Crippen molar-refractivity contribution in [2.75, 3.05) is 13.2 Å². The van der Waals surface area contributed by atoms with Crippen molar-refractivity contribution in [3.63, 3.8) is 0 Å². The molecule has 0 spiro atoms. The Kier molecular flexibility index (Phi) is 6.68. The van der Waals surface area contributed by atoms with Gasteiger partial charge >= 0.3 is 11.9 Å². The smallest absolute Gasteiger partial charge is 0.328 e. The van der Waals surface area contributed by atoms with E-state index in [4.69, 9.17) is 9.47 Å². The minimum atomic E-state index is -2.15. The van der Waals surface area contributed by atoms with Gasteiger partial charge in [0.15, 0.2) is 0 Å². The van der Waals surface area contributed by atoms with E-state index >= 15 is 0 Å². The van der Waals surface area contributed by atoms with Gasteiger partial charge in [-0.25, -0.2) is 0 Å². The molecule has 132 valence electrons. The third-order valence-corrected chi connectivity index (χ3v) is 3.75. The highest BCUT2D eigenvalue weighted by molar-refractivity contribution is 6.00. The van der Waals surface area contributed by atoms with Crippen molar-refractivity contribution in [2.45, 2.75) is 13.2 Å². The predicted molar refractivity (Wildman–Crippen MR) is 89.1 cm³/mol. The number of carbonyl (C=O) groups excluding carboxylic acids is 2. The van der Waals surface area contributed by atoms with Gasteiger partial charge in [-0.15, -0.1) is 0 Å². The van der Waals surface area contributed by atoms with Gasteiger partial charge in [0.2, 0.25) is 5.41 Å². The molecule has 0 unspecified atom stereocenters. The van der Waals surface area contributed by atoms with E-state index < -0.39 is 30.6 Å². The fourth-order valence-electron chi connectivity index (χ4n) is 2.11. The first-order valence-electron chi connectivity index (χ1n) is 7.76. The zero-order chi connectivity index (χ0) is 18.1. The van der Waals surface area contributed by atoms with Gasteiger partial charge in [0.1, 0.15) is 13.2 Å². The van der Waals surface area contributed by atoms with Crippen LogP contribution in [-0.4, -0.2) is 35.4 Å². The monoisotopic (exact) mass is 344 g/mol. The van der Waals surface area contributed by atoms with Crippen LogP contribution < -0.4 is 0 Å². The summed E-state index contributed by atoms with van der Waals surface area (Å²) in [5.41, 5.74) is -0.708. The van der Waals surface area contributed by atoms with Crippen LogP contribution in [-0.2, 0) is 32.3 Å². The van der Waals surface area contributed by atoms with Crippen molar-refractivity contribution in [3.05, 3.63) is 71.8 Å². The zero-order valence-corrected chi connectivity index (χ0v) is 13.6. The standard InChI is InChI=1S/C19H20O6/c20-13-19(14-21,17(22)24-11-15-7-3-1-4-8-15)18(23)25-12-16-9-5-2-6-10-16/h1-10,20-21H,11-14H2. The second-order valence-electron chi connectivity index (χ2n) is 5.52. The first kappa shape index (κ1) is 18.6. The summed E-state index contributed by atoms with van der Waals surface area (Å²) in [4.78, 5) is 24.6. The van der Waals surface area contributed by atoms with Gasteiger partial charge in [0, 0.05) is 0 Å². The minimum Gasteiger partial charge on any atom is -0.460 e. The van der Waals surface area contributed by atoms with Crippen LogP contribution in [0.25, 0.3) is 0 Å². The van der Waals surface area contributed by atoms with Gasteiger partial charge in [0.05, 0.1) is 13.2 Å². The van der Waals surface area contributed by atoms with Crippen LogP contribution in [0, 0.1) is 5.41 Å². The van der Waals surface area contributed by atoms with Gasteiger partial charge in [-0.2, -0.15) is 0 Å². The van der Waals surface area contributed by atoms with E-state index in [-0.39, 0.29) is 13.2 Å². The van der Waals surface area contributed by atoms with E-state index in [1.807, 2.05) is 12.1 Å². The molecule has 0 atom stereocenters. The van der Waals surface area contributed by atoms with Crippen LogP contribution in [0.5, 0.6) is 0 Å². The second kappa shape index (κ2) is 8.96. The van der Waals surface area contributed by atoms with Crippen LogP contribution in [0.2, 0.25) is 0 Å². The molecule has 0 aliphatic rings. The molecule has 0 saturated carbocycles. The lowest BCUT2D eigenvalue weighted by atomic mass is 9.90. The Labute approximate surface area is 145 Å². The van der Waals surface area contributed by atoms with Gasteiger partial charge in [0.25, 0.3) is 0 Å². The van der Waals surface area contributed by atoms with Crippen LogP contribution >= 0.6 is 0 Å². The Bertz CT molecular complexity index is 622. The van der Waals surface area contributed by atoms with Crippen LogP contribution in [0.4, 0.5) is 0 Å². The molecule has 0 amide bonds. The van der Waals surface area contributed by atoms with Crippen molar-refractivity contribution >= 4 is 11.9 Å².